The third kappa shape index (κ3) is 7.07. The molecule has 0 radical (unpaired) electrons. The summed E-state index contributed by atoms with van der Waals surface area (Å²) in [6, 6.07) is 8.96. The number of hydrogen-bond donors (Lipinski definition) is 0. The van der Waals surface area contributed by atoms with Gasteiger partial charge in [0.05, 0.1) is 11.2 Å². The van der Waals surface area contributed by atoms with E-state index in [1.807, 2.05) is 37.8 Å². The number of anilines is 1. The zero-order chi connectivity index (χ0) is 29.2. The third-order valence-electron chi connectivity index (χ3n) is 7.87. The number of benzene rings is 1. The molecule has 9 nitrogen and oxygen atoms in total. The quantitative estimate of drug-likeness (QED) is 0.274. The molecule has 0 spiro atoms. The number of hydrogen-bond acceptors (Lipinski definition) is 5. The van der Waals surface area contributed by atoms with Crippen LogP contribution in [0.15, 0.2) is 30.5 Å². The van der Waals surface area contributed by atoms with E-state index in [4.69, 9.17) is 9.47 Å². The minimum Gasteiger partial charge on any atom is -0.444 e. The lowest BCUT2D eigenvalue weighted by molar-refractivity contribution is -0.133. The number of carbonyl (C=O) groups is 3. The Labute approximate surface area is 239 Å². The fourth-order valence-corrected chi connectivity index (χ4v) is 6.21. The van der Waals surface area contributed by atoms with E-state index in [1.165, 1.54) is 4.90 Å². The second-order valence-corrected chi connectivity index (χ2v) is 19.0. The van der Waals surface area contributed by atoms with E-state index >= 15 is 0 Å². The molecule has 1 aromatic carbocycles. The van der Waals surface area contributed by atoms with Gasteiger partial charge >= 0.3 is 12.1 Å². The minimum atomic E-state index is -1.26. The molecule has 4 rings (SSSR count). The molecule has 10 heteroatoms. The SMILES string of the molecule is CC(C1CCN(C(=O)OC(C)(C)C)CC1)n1ccc2c(N3CCC(=O)N(COCC[Si](C)(C)C)C3=O)cccc21. The zero-order valence-corrected chi connectivity index (χ0v) is 26.2. The number of fused-ring (bicyclic) bond motifs is 1. The maximum absolute atomic E-state index is 13.4. The number of likely N-dealkylation sites (tertiary alicyclic amines) is 1. The lowest BCUT2D eigenvalue weighted by Crippen LogP contribution is -2.53. The van der Waals surface area contributed by atoms with Gasteiger partial charge in [-0.3, -0.25) is 9.69 Å². The fourth-order valence-electron chi connectivity index (χ4n) is 5.46. The number of piperidine rings is 1. The van der Waals surface area contributed by atoms with Crippen LogP contribution in [0.1, 0.15) is 53.0 Å². The number of ether oxygens (including phenoxy) is 2. The number of amides is 4. The molecular formula is C30H46N4O5Si. The number of carbonyl (C=O) groups excluding carboxylic acids is 3. The lowest BCUT2D eigenvalue weighted by atomic mass is 9.90. The second kappa shape index (κ2) is 11.9. The van der Waals surface area contributed by atoms with Crippen LogP contribution in [0.3, 0.4) is 0 Å². The third-order valence-corrected chi connectivity index (χ3v) is 9.58. The first kappa shape index (κ1) is 30.1. The molecule has 40 heavy (non-hydrogen) atoms. The standard InChI is InChI=1S/C30H46N4O5Si/c1-22(23-11-15-31(16-12-23)29(37)39-30(2,3)4)32-17-13-24-25(32)9-8-10-26(24)33-18-14-27(35)34(28(33)36)21-38-19-20-40(5,6)7/h8-10,13,17,22-23H,11-12,14-16,18-21H2,1-7H3. The molecule has 0 bridgehead atoms. The van der Waals surface area contributed by atoms with Crippen molar-refractivity contribution in [3.05, 3.63) is 30.5 Å². The van der Waals surface area contributed by atoms with E-state index in [0.717, 1.165) is 35.5 Å². The molecule has 220 valence electrons. The average molecular weight is 571 g/mol. The van der Waals surface area contributed by atoms with Crippen molar-refractivity contribution in [2.45, 2.75) is 84.3 Å². The van der Waals surface area contributed by atoms with Gasteiger partial charge in [0.15, 0.2) is 0 Å². The van der Waals surface area contributed by atoms with E-state index in [2.05, 4.69) is 49.5 Å². The first-order valence-electron chi connectivity index (χ1n) is 14.5. The summed E-state index contributed by atoms with van der Waals surface area (Å²) in [6.45, 7) is 17.0. The molecule has 3 heterocycles. The number of urea groups is 1. The van der Waals surface area contributed by atoms with Gasteiger partial charge in [0, 0.05) is 58.4 Å². The summed E-state index contributed by atoms with van der Waals surface area (Å²) in [4.78, 5) is 43.3. The number of aromatic nitrogens is 1. The highest BCUT2D eigenvalue weighted by atomic mass is 28.3. The fraction of sp³-hybridized carbons (Fsp3) is 0.633. The molecule has 1 aromatic heterocycles. The highest BCUT2D eigenvalue weighted by Gasteiger charge is 2.35. The molecule has 2 fully saturated rings. The van der Waals surface area contributed by atoms with Crippen LogP contribution < -0.4 is 4.90 Å². The maximum atomic E-state index is 13.4. The molecule has 0 saturated carbocycles. The molecule has 2 saturated heterocycles. The van der Waals surface area contributed by atoms with Crippen molar-refractivity contribution in [1.29, 1.82) is 0 Å². The predicted molar refractivity (Wildman–Crippen MR) is 160 cm³/mol. The van der Waals surface area contributed by atoms with Crippen LogP contribution in [-0.2, 0) is 14.3 Å². The van der Waals surface area contributed by atoms with E-state index < -0.39 is 13.7 Å². The summed E-state index contributed by atoms with van der Waals surface area (Å²) in [5.74, 6) is 0.223. The second-order valence-electron chi connectivity index (χ2n) is 13.3. The molecule has 2 aliphatic heterocycles. The molecule has 1 atom stereocenters. The molecule has 2 aliphatic rings. The van der Waals surface area contributed by atoms with Gasteiger partial charge in [0.25, 0.3) is 0 Å². The molecule has 2 aromatic rings. The van der Waals surface area contributed by atoms with Gasteiger partial charge in [-0.1, -0.05) is 25.7 Å². The Morgan fingerprint density at radius 1 is 1.07 bits per heavy atom. The van der Waals surface area contributed by atoms with E-state index in [0.29, 0.717) is 32.2 Å². The van der Waals surface area contributed by atoms with Crippen LogP contribution >= 0.6 is 0 Å². The average Bonchev–Trinajstić information content (AvgIpc) is 3.31. The van der Waals surface area contributed by atoms with Crippen LogP contribution in [0.25, 0.3) is 10.9 Å². The summed E-state index contributed by atoms with van der Waals surface area (Å²) in [7, 11) is -1.26. The molecule has 4 amide bonds. The summed E-state index contributed by atoms with van der Waals surface area (Å²) >= 11 is 0. The Balaban J connectivity index is 1.45. The van der Waals surface area contributed by atoms with Gasteiger partial charge in [-0.25, -0.2) is 14.5 Å². The normalized spacial score (nSPS) is 18.5. The Morgan fingerprint density at radius 3 is 2.42 bits per heavy atom. The maximum Gasteiger partial charge on any atom is 0.410 e. The number of imide groups is 1. The van der Waals surface area contributed by atoms with Crippen LogP contribution in [0, 0.1) is 5.92 Å². The van der Waals surface area contributed by atoms with Gasteiger partial charge in [-0.2, -0.15) is 0 Å². The summed E-state index contributed by atoms with van der Waals surface area (Å²) < 4.78 is 13.6. The first-order valence-corrected chi connectivity index (χ1v) is 18.2. The van der Waals surface area contributed by atoms with Crippen molar-refractivity contribution in [1.82, 2.24) is 14.4 Å². The Kier molecular flexibility index (Phi) is 8.99. The Hall–Kier alpha value is -2.85. The summed E-state index contributed by atoms with van der Waals surface area (Å²) in [5, 5.41) is 0.989. The highest BCUT2D eigenvalue weighted by Crippen LogP contribution is 2.36. The molecule has 0 N–H and O–H groups in total. The number of rotatable bonds is 8. The van der Waals surface area contributed by atoms with Gasteiger partial charge < -0.3 is 18.9 Å². The zero-order valence-electron chi connectivity index (χ0n) is 25.2. The van der Waals surface area contributed by atoms with Gasteiger partial charge in [-0.05, 0) is 70.7 Å². The monoisotopic (exact) mass is 570 g/mol. The lowest BCUT2D eigenvalue weighted by Gasteiger charge is -2.36. The van der Waals surface area contributed by atoms with Gasteiger partial charge in [-0.15, -0.1) is 0 Å². The highest BCUT2D eigenvalue weighted by molar-refractivity contribution is 6.76. The van der Waals surface area contributed by atoms with Crippen LogP contribution in [0.4, 0.5) is 15.3 Å². The Morgan fingerprint density at radius 2 is 1.77 bits per heavy atom. The van der Waals surface area contributed by atoms with Crippen LogP contribution in [0.5, 0.6) is 0 Å². The molecular weight excluding hydrogens is 524 g/mol. The first-order chi connectivity index (χ1) is 18.7. The minimum absolute atomic E-state index is 0.00530. The Bertz CT molecular complexity index is 1220. The van der Waals surface area contributed by atoms with E-state index in [1.54, 1.807) is 4.90 Å². The molecule has 0 aliphatic carbocycles. The van der Waals surface area contributed by atoms with Crippen LogP contribution in [-0.4, -0.2) is 79.0 Å². The van der Waals surface area contributed by atoms with Gasteiger partial charge in [0.1, 0.15) is 12.3 Å². The predicted octanol–water partition coefficient (Wildman–Crippen LogP) is 6.32. The smallest absolute Gasteiger partial charge is 0.410 e. The largest absolute Gasteiger partial charge is 0.444 e. The molecule has 1 unspecified atom stereocenters. The van der Waals surface area contributed by atoms with Crippen molar-refractivity contribution in [2.75, 3.05) is 37.9 Å². The van der Waals surface area contributed by atoms with Crippen molar-refractivity contribution in [2.24, 2.45) is 5.92 Å². The van der Waals surface area contributed by atoms with Crippen LogP contribution in [0.2, 0.25) is 25.7 Å². The van der Waals surface area contributed by atoms with Crippen molar-refractivity contribution in [3.63, 3.8) is 0 Å². The van der Waals surface area contributed by atoms with Crippen molar-refractivity contribution < 1.29 is 23.9 Å². The van der Waals surface area contributed by atoms with E-state index in [-0.39, 0.29) is 37.2 Å². The van der Waals surface area contributed by atoms with Crippen molar-refractivity contribution >= 4 is 42.7 Å². The topological polar surface area (TPSA) is 84.3 Å². The van der Waals surface area contributed by atoms with Crippen molar-refractivity contribution in [3.8, 4) is 0 Å². The van der Waals surface area contributed by atoms with E-state index in [9.17, 15) is 14.4 Å². The van der Waals surface area contributed by atoms with Gasteiger partial charge in [0.2, 0.25) is 5.91 Å². The summed E-state index contributed by atoms with van der Waals surface area (Å²) in [5.41, 5.74) is 1.37. The summed E-state index contributed by atoms with van der Waals surface area (Å²) in [6.07, 6.45) is 3.93. The number of nitrogens with zero attached hydrogens (tertiary/aromatic N) is 4.